The molecule has 0 radical (unpaired) electrons. The molecule has 0 unspecified atom stereocenters. The molecule has 0 aliphatic rings. The predicted molar refractivity (Wildman–Crippen MR) is 59.7 cm³/mol. The standard InChI is InChI=1S/C12H11NO3/c1-8(12(15)16)13-6-9(7-14)10-4-2-3-5-11(10)13/h2-8H,1H3,(H,15,16)/t8-/m1/s1. The van der Waals surface area contributed by atoms with Crippen LogP contribution in [-0.2, 0) is 4.79 Å². The highest BCUT2D eigenvalue weighted by Crippen LogP contribution is 2.23. The summed E-state index contributed by atoms with van der Waals surface area (Å²) in [4.78, 5) is 21.8. The minimum atomic E-state index is -0.918. The second-order valence-electron chi connectivity index (χ2n) is 3.64. The SMILES string of the molecule is C[C@H](C(=O)O)n1cc(C=O)c2ccccc21. The van der Waals surface area contributed by atoms with Crippen LogP contribution in [0.4, 0.5) is 0 Å². The number of hydrogen-bond donors (Lipinski definition) is 1. The van der Waals surface area contributed by atoms with Crippen molar-refractivity contribution < 1.29 is 14.7 Å². The van der Waals surface area contributed by atoms with Crippen LogP contribution in [0.25, 0.3) is 10.9 Å². The summed E-state index contributed by atoms with van der Waals surface area (Å²) in [5.74, 6) is -0.918. The number of hydrogen-bond acceptors (Lipinski definition) is 2. The van der Waals surface area contributed by atoms with Crippen molar-refractivity contribution in [2.45, 2.75) is 13.0 Å². The minimum Gasteiger partial charge on any atom is -0.480 e. The largest absolute Gasteiger partial charge is 0.480 e. The number of aldehydes is 1. The van der Waals surface area contributed by atoms with Gasteiger partial charge in [0.25, 0.3) is 0 Å². The van der Waals surface area contributed by atoms with Crippen molar-refractivity contribution in [2.75, 3.05) is 0 Å². The fourth-order valence-corrected chi connectivity index (χ4v) is 1.77. The quantitative estimate of drug-likeness (QED) is 0.801. The molecule has 1 aromatic heterocycles. The Morgan fingerprint density at radius 2 is 2.12 bits per heavy atom. The maximum atomic E-state index is 10.9. The van der Waals surface area contributed by atoms with E-state index in [0.717, 1.165) is 17.2 Å². The molecule has 4 nitrogen and oxygen atoms in total. The van der Waals surface area contributed by atoms with Crippen molar-refractivity contribution >= 4 is 23.2 Å². The normalized spacial score (nSPS) is 12.6. The number of aliphatic carboxylic acids is 1. The Kier molecular flexibility index (Phi) is 2.48. The summed E-state index contributed by atoms with van der Waals surface area (Å²) >= 11 is 0. The zero-order valence-corrected chi connectivity index (χ0v) is 8.75. The lowest BCUT2D eigenvalue weighted by Crippen LogP contribution is -2.14. The van der Waals surface area contributed by atoms with Gasteiger partial charge in [-0.1, -0.05) is 18.2 Å². The lowest BCUT2D eigenvalue weighted by atomic mass is 10.2. The molecule has 2 aromatic rings. The molecular formula is C12H11NO3. The minimum absolute atomic E-state index is 0.517. The number of rotatable bonds is 3. The third-order valence-electron chi connectivity index (χ3n) is 2.67. The van der Waals surface area contributed by atoms with E-state index in [9.17, 15) is 9.59 Å². The van der Waals surface area contributed by atoms with E-state index < -0.39 is 12.0 Å². The van der Waals surface area contributed by atoms with Gasteiger partial charge in [0.2, 0.25) is 0 Å². The highest BCUT2D eigenvalue weighted by atomic mass is 16.4. The maximum absolute atomic E-state index is 10.9. The van der Waals surface area contributed by atoms with Crippen LogP contribution in [0, 0.1) is 0 Å². The maximum Gasteiger partial charge on any atom is 0.326 e. The van der Waals surface area contributed by atoms with Gasteiger partial charge in [-0.3, -0.25) is 4.79 Å². The fourth-order valence-electron chi connectivity index (χ4n) is 1.77. The Bertz CT molecular complexity index is 556. The Morgan fingerprint density at radius 1 is 1.44 bits per heavy atom. The molecule has 0 spiro atoms. The van der Waals surface area contributed by atoms with Crippen LogP contribution >= 0.6 is 0 Å². The van der Waals surface area contributed by atoms with Gasteiger partial charge in [-0.15, -0.1) is 0 Å². The van der Waals surface area contributed by atoms with E-state index >= 15 is 0 Å². The number of carboxylic acids is 1. The van der Waals surface area contributed by atoms with Crippen molar-refractivity contribution in [3.63, 3.8) is 0 Å². The molecule has 0 saturated heterocycles. The third-order valence-corrected chi connectivity index (χ3v) is 2.67. The van der Waals surface area contributed by atoms with Crippen LogP contribution < -0.4 is 0 Å². The van der Waals surface area contributed by atoms with Crippen LogP contribution in [-0.4, -0.2) is 21.9 Å². The Labute approximate surface area is 92.1 Å². The van der Waals surface area contributed by atoms with E-state index in [1.807, 2.05) is 24.3 Å². The van der Waals surface area contributed by atoms with E-state index in [1.165, 1.54) is 0 Å². The average molecular weight is 217 g/mol. The van der Waals surface area contributed by atoms with Gasteiger partial charge in [-0.05, 0) is 13.0 Å². The van der Waals surface area contributed by atoms with E-state index in [4.69, 9.17) is 5.11 Å². The summed E-state index contributed by atoms with van der Waals surface area (Å²) in [6.45, 7) is 1.59. The van der Waals surface area contributed by atoms with Crippen molar-refractivity contribution in [3.05, 3.63) is 36.0 Å². The fraction of sp³-hybridized carbons (Fsp3) is 0.167. The number of carbonyl (C=O) groups is 2. The van der Waals surface area contributed by atoms with E-state index in [2.05, 4.69) is 0 Å². The molecule has 0 aliphatic heterocycles. The smallest absolute Gasteiger partial charge is 0.326 e. The Balaban J connectivity index is 2.71. The molecule has 1 atom stereocenters. The van der Waals surface area contributed by atoms with Crippen molar-refractivity contribution in [1.29, 1.82) is 0 Å². The summed E-state index contributed by atoms with van der Waals surface area (Å²) < 4.78 is 1.60. The van der Waals surface area contributed by atoms with Crippen LogP contribution in [0.2, 0.25) is 0 Å². The Morgan fingerprint density at radius 3 is 2.75 bits per heavy atom. The number of benzene rings is 1. The molecule has 0 aliphatic carbocycles. The molecule has 0 amide bonds. The highest BCUT2D eigenvalue weighted by molar-refractivity contribution is 5.98. The number of nitrogens with zero attached hydrogens (tertiary/aromatic N) is 1. The van der Waals surface area contributed by atoms with Gasteiger partial charge in [0, 0.05) is 22.7 Å². The van der Waals surface area contributed by atoms with Crippen molar-refractivity contribution in [1.82, 2.24) is 4.57 Å². The average Bonchev–Trinajstić information content (AvgIpc) is 2.66. The molecule has 1 aromatic carbocycles. The van der Waals surface area contributed by atoms with E-state index in [1.54, 1.807) is 17.7 Å². The number of fused-ring (bicyclic) bond motifs is 1. The second kappa shape index (κ2) is 3.81. The van der Waals surface area contributed by atoms with Crippen molar-refractivity contribution in [2.24, 2.45) is 0 Å². The van der Waals surface area contributed by atoms with Crippen LogP contribution in [0.5, 0.6) is 0 Å². The zero-order valence-electron chi connectivity index (χ0n) is 8.75. The Hall–Kier alpha value is -2.10. The van der Waals surface area contributed by atoms with Crippen molar-refractivity contribution in [3.8, 4) is 0 Å². The summed E-state index contributed by atoms with van der Waals surface area (Å²) in [6.07, 6.45) is 2.32. The molecule has 1 heterocycles. The molecule has 16 heavy (non-hydrogen) atoms. The summed E-state index contributed by atoms with van der Waals surface area (Å²) in [5.41, 5.74) is 1.28. The van der Waals surface area contributed by atoms with Gasteiger partial charge in [0.05, 0.1) is 0 Å². The van der Waals surface area contributed by atoms with Gasteiger partial charge >= 0.3 is 5.97 Å². The third kappa shape index (κ3) is 1.48. The molecule has 4 heteroatoms. The zero-order chi connectivity index (χ0) is 11.7. The number of carboxylic acid groups (broad SMARTS) is 1. The first-order valence-electron chi connectivity index (χ1n) is 4.92. The highest BCUT2D eigenvalue weighted by Gasteiger charge is 2.17. The molecule has 0 fully saturated rings. The first-order valence-corrected chi connectivity index (χ1v) is 4.92. The second-order valence-corrected chi connectivity index (χ2v) is 3.64. The molecule has 82 valence electrons. The van der Waals surface area contributed by atoms with Gasteiger partial charge in [-0.2, -0.15) is 0 Å². The lowest BCUT2D eigenvalue weighted by molar-refractivity contribution is -0.140. The van der Waals surface area contributed by atoms with Crippen LogP contribution in [0.1, 0.15) is 23.3 Å². The topological polar surface area (TPSA) is 59.3 Å². The van der Waals surface area contributed by atoms with Gasteiger partial charge in [0.1, 0.15) is 6.04 Å². The monoisotopic (exact) mass is 217 g/mol. The lowest BCUT2D eigenvalue weighted by Gasteiger charge is -2.09. The van der Waals surface area contributed by atoms with Crippen LogP contribution in [0.3, 0.4) is 0 Å². The van der Waals surface area contributed by atoms with Gasteiger partial charge in [0.15, 0.2) is 6.29 Å². The van der Waals surface area contributed by atoms with Crippen LogP contribution in [0.15, 0.2) is 30.5 Å². The van der Waals surface area contributed by atoms with Gasteiger partial charge < -0.3 is 9.67 Å². The van der Waals surface area contributed by atoms with Gasteiger partial charge in [-0.25, -0.2) is 4.79 Å². The number of para-hydroxylation sites is 1. The molecule has 1 N–H and O–H groups in total. The molecular weight excluding hydrogens is 206 g/mol. The first kappa shape index (κ1) is 10.4. The molecule has 2 rings (SSSR count). The molecule has 0 saturated carbocycles. The molecule has 0 bridgehead atoms. The number of aromatic nitrogens is 1. The summed E-state index contributed by atoms with van der Waals surface area (Å²) in [5, 5.41) is 9.75. The number of carbonyl (C=O) groups excluding carboxylic acids is 1. The first-order chi connectivity index (χ1) is 7.65. The van der Waals surface area contributed by atoms with E-state index in [-0.39, 0.29) is 0 Å². The summed E-state index contributed by atoms with van der Waals surface area (Å²) in [6, 6.07) is 6.58. The predicted octanol–water partition coefficient (Wildman–Crippen LogP) is 2.10. The summed E-state index contributed by atoms with van der Waals surface area (Å²) in [7, 11) is 0. The van der Waals surface area contributed by atoms with E-state index in [0.29, 0.717) is 5.56 Å².